The number of aryl methyl sites for hydroxylation is 1. The first-order chi connectivity index (χ1) is 8.40. The lowest BCUT2D eigenvalue weighted by molar-refractivity contribution is 0.0598. The summed E-state index contributed by atoms with van der Waals surface area (Å²) in [6.45, 7) is 10.0. The van der Waals surface area contributed by atoms with Crippen molar-refractivity contribution in [3.05, 3.63) is 47.5 Å². The molecule has 1 rings (SSSR count). The van der Waals surface area contributed by atoms with Crippen LogP contribution in [0.2, 0.25) is 0 Å². The fourth-order valence-electron chi connectivity index (χ4n) is 1.95. The first-order valence-electron chi connectivity index (χ1n) is 6.22. The van der Waals surface area contributed by atoms with Crippen molar-refractivity contribution in [2.24, 2.45) is 0 Å². The molecule has 0 radical (unpaired) electrons. The maximum Gasteiger partial charge on any atom is 0.338 e. The van der Waals surface area contributed by atoms with Crippen molar-refractivity contribution in [3.8, 4) is 0 Å². The van der Waals surface area contributed by atoms with Crippen LogP contribution in [0.3, 0.4) is 0 Å². The molecule has 0 saturated heterocycles. The van der Waals surface area contributed by atoms with Crippen molar-refractivity contribution in [3.63, 3.8) is 0 Å². The quantitative estimate of drug-likeness (QED) is 0.595. The lowest BCUT2D eigenvalue weighted by Crippen LogP contribution is -2.18. The Balaban J connectivity index is 3.20. The van der Waals surface area contributed by atoms with E-state index in [1.54, 1.807) is 0 Å². The second kappa shape index (κ2) is 5.85. The molecule has 0 aliphatic carbocycles. The Morgan fingerprint density at radius 3 is 2.56 bits per heavy atom. The summed E-state index contributed by atoms with van der Waals surface area (Å²) in [6.07, 6.45) is 3.70. The first kappa shape index (κ1) is 14.5. The smallest absolute Gasteiger partial charge is 0.338 e. The Bertz CT molecular complexity index is 439. The van der Waals surface area contributed by atoms with Gasteiger partial charge in [0.05, 0.1) is 12.7 Å². The van der Waals surface area contributed by atoms with Gasteiger partial charge in [-0.15, -0.1) is 6.58 Å². The first-order valence-corrected chi connectivity index (χ1v) is 6.22. The molecule has 0 aliphatic heterocycles. The molecular weight excluding hydrogens is 224 g/mol. The molecule has 0 aromatic heterocycles. The molecule has 1 aromatic carbocycles. The van der Waals surface area contributed by atoms with Crippen molar-refractivity contribution in [2.75, 3.05) is 7.11 Å². The van der Waals surface area contributed by atoms with E-state index in [1.807, 2.05) is 18.2 Å². The van der Waals surface area contributed by atoms with Crippen molar-refractivity contribution >= 4 is 5.97 Å². The third-order valence-corrected chi connectivity index (χ3v) is 2.93. The number of carbonyl (C=O) groups excluding carboxylic acids is 1. The zero-order chi connectivity index (χ0) is 13.8. The zero-order valence-corrected chi connectivity index (χ0v) is 11.7. The number of hydrogen-bond acceptors (Lipinski definition) is 2. The monoisotopic (exact) mass is 246 g/mol. The highest BCUT2D eigenvalue weighted by Crippen LogP contribution is 2.27. The number of ether oxygens (including phenoxy) is 1. The van der Waals surface area contributed by atoms with E-state index in [0.717, 1.165) is 24.0 Å². The molecule has 0 heterocycles. The summed E-state index contributed by atoms with van der Waals surface area (Å²) >= 11 is 0. The van der Waals surface area contributed by atoms with Gasteiger partial charge in [0.15, 0.2) is 0 Å². The Kier molecular flexibility index (Phi) is 4.71. The molecule has 0 saturated carbocycles. The van der Waals surface area contributed by atoms with E-state index >= 15 is 0 Å². The molecule has 0 bridgehead atoms. The lowest BCUT2D eigenvalue weighted by Gasteiger charge is -2.22. The van der Waals surface area contributed by atoms with Crippen LogP contribution in [0.1, 0.15) is 48.7 Å². The zero-order valence-electron chi connectivity index (χ0n) is 11.7. The van der Waals surface area contributed by atoms with E-state index in [1.165, 1.54) is 7.11 Å². The van der Waals surface area contributed by atoms with E-state index in [-0.39, 0.29) is 11.4 Å². The molecule has 1 aromatic rings. The van der Waals surface area contributed by atoms with Crippen molar-refractivity contribution in [1.82, 2.24) is 0 Å². The number of methoxy groups -OCH3 is 1. The highest BCUT2D eigenvalue weighted by Gasteiger charge is 2.22. The molecule has 2 nitrogen and oxygen atoms in total. The Morgan fingerprint density at radius 2 is 2.06 bits per heavy atom. The largest absolute Gasteiger partial charge is 0.465 e. The molecule has 0 amide bonds. The predicted octanol–water partition coefficient (Wildman–Crippen LogP) is 3.89. The Morgan fingerprint density at radius 1 is 1.39 bits per heavy atom. The molecule has 0 spiro atoms. The number of carbonyl (C=O) groups is 1. The van der Waals surface area contributed by atoms with Gasteiger partial charge in [0.2, 0.25) is 0 Å². The van der Waals surface area contributed by atoms with Gasteiger partial charge < -0.3 is 4.74 Å². The predicted molar refractivity (Wildman–Crippen MR) is 75.0 cm³/mol. The molecule has 0 aliphatic rings. The maximum absolute atomic E-state index is 11.9. The van der Waals surface area contributed by atoms with Gasteiger partial charge in [-0.1, -0.05) is 39.0 Å². The molecule has 98 valence electrons. The van der Waals surface area contributed by atoms with Crippen LogP contribution in [0.25, 0.3) is 0 Å². The van der Waals surface area contributed by atoms with Gasteiger partial charge in [0, 0.05) is 0 Å². The van der Waals surface area contributed by atoms with Gasteiger partial charge in [0.25, 0.3) is 0 Å². The number of benzene rings is 1. The summed E-state index contributed by atoms with van der Waals surface area (Å²) in [7, 11) is 1.42. The average Bonchev–Trinajstić information content (AvgIpc) is 2.33. The summed E-state index contributed by atoms with van der Waals surface area (Å²) in [5.41, 5.74) is 2.77. The molecule has 0 unspecified atom stereocenters. The number of esters is 1. The normalized spacial score (nSPS) is 11.1. The van der Waals surface area contributed by atoms with Crippen LogP contribution in [-0.2, 0) is 16.6 Å². The number of hydrogen-bond donors (Lipinski definition) is 0. The van der Waals surface area contributed by atoms with E-state index in [9.17, 15) is 4.79 Å². The third-order valence-electron chi connectivity index (χ3n) is 2.93. The Labute approximate surface area is 110 Å². The van der Waals surface area contributed by atoms with Crippen LogP contribution in [0.15, 0.2) is 30.9 Å². The van der Waals surface area contributed by atoms with Crippen LogP contribution in [0, 0.1) is 0 Å². The van der Waals surface area contributed by atoms with E-state index in [4.69, 9.17) is 4.74 Å². The van der Waals surface area contributed by atoms with Gasteiger partial charge in [-0.05, 0) is 35.4 Å². The molecule has 2 heteroatoms. The minimum absolute atomic E-state index is 0.0690. The second-order valence-electron chi connectivity index (χ2n) is 5.45. The molecular formula is C16H22O2. The van der Waals surface area contributed by atoms with E-state index in [0.29, 0.717) is 5.56 Å². The molecule has 0 fully saturated rings. The van der Waals surface area contributed by atoms with Crippen LogP contribution in [0.4, 0.5) is 0 Å². The Hall–Kier alpha value is -1.57. The topological polar surface area (TPSA) is 26.3 Å². The van der Waals surface area contributed by atoms with Gasteiger partial charge in [-0.3, -0.25) is 0 Å². The lowest BCUT2D eigenvalue weighted by atomic mass is 9.83. The summed E-state index contributed by atoms with van der Waals surface area (Å²) in [4.78, 5) is 11.9. The second-order valence-corrected chi connectivity index (χ2v) is 5.45. The molecule has 18 heavy (non-hydrogen) atoms. The SMILES string of the molecule is C=CCCc1ccc(C(C)(C)C)c(C(=O)OC)c1. The summed E-state index contributed by atoms with van der Waals surface area (Å²) < 4.78 is 4.87. The van der Waals surface area contributed by atoms with Gasteiger partial charge in [-0.25, -0.2) is 4.79 Å². The van der Waals surface area contributed by atoms with Gasteiger partial charge in [-0.2, -0.15) is 0 Å². The van der Waals surface area contributed by atoms with Gasteiger partial charge in [0.1, 0.15) is 0 Å². The fourth-order valence-corrected chi connectivity index (χ4v) is 1.95. The minimum atomic E-state index is -0.264. The summed E-state index contributed by atoms with van der Waals surface area (Å²) in [6, 6.07) is 6.05. The average molecular weight is 246 g/mol. The minimum Gasteiger partial charge on any atom is -0.465 e. The number of allylic oxidation sites excluding steroid dienone is 1. The van der Waals surface area contributed by atoms with Crippen molar-refractivity contribution in [1.29, 1.82) is 0 Å². The van der Waals surface area contributed by atoms with Gasteiger partial charge >= 0.3 is 5.97 Å². The third kappa shape index (κ3) is 3.46. The van der Waals surface area contributed by atoms with E-state index in [2.05, 4.69) is 33.4 Å². The van der Waals surface area contributed by atoms with Crippen LogP contribution in [0.5, 0.6) is 0 Å². The summed E-state index contributed by atoms with van der Waals surface area (Å²) in [5, 5.41) is 0. The maximum atomic E-state index is 11.9. The summed E-state index contributed by atoms with van der Waals surface area (Å²) in [5.74, 6) is -0.264. The molecule has 0 N–H and O–H groups in total. The van der Waals surface area contributed by atoms with Crippen molar-refractivity contribution < 1.29 is 9.53 Å². The van der Waals surface area contributed by atoms with Crippen LogP contribution in [-0.4, -0.2) is 13.1 Å². The number of rotatable bonds is 4. The highest BCUT2D eigenvalue weighted by molar-refractivity contribution is 5.91. The fraction of sp³-hybridized carbons (Fsp3) is 0.438. The van der Waals surface area contributed by atoms with Crippen LogP contribution >= 0.6 is 0 Å². The van der Waals surface area contributed by atoms with Crippen molar-refractivity contribution in [2.45, 2.75) is 39.0 Å². The van der Waals surface area contributed by atoms with E-state index < -0.39 is 0 Å². The standard InChI is InChI=1S/C16H22O2/c1-6-7-8-12-9-10-14(16(2,3)4)13(11-12)15(17)18-5/h6,9-11H,1,7-8H2,2-5H3. The highest BCUT2D eigenvalue weighted by atomic mass is 16.5. The van der Waals surface area contributed by atoms with Crippen LogP contribution < -0.4 is 0 Å². The molecule has 0 atom stereocenters.